The van der Waals surface area contributed by atoms with Crippen LogP contribution >= 0.6 is 0 Å². The van der Waals surface area contributed by atoms with Crippen molar-refractivity contribution in [2.45, 2.75) is 18.5 Å². The van der Waals surface area contributed by atoms with Crippen molar-refractivity contribution in [1.82, 2.24) is 20.1 Å². The maximum absolute atomic E-state index is 4.08. The highest BCUT2D eigenvalue weighted by atomic mass is 15.3. The fourth-order valence-corrected chi connectivity index (χ4v) is 2.68. The summed E-state index contributed by atoms with van der Waals surface area (Å²) < 4.78 is 0. The Balaban J connectivity index is 2.03. The van der Waals surface area contributed by atoms with Gasteiger partial charge >= 0.3 is 0 Å². The molecule has 4 heteroatoms. The maximum Gasteiger partial charge on any atom is 0.0377 e. The molecule has 0 aliphatic carbocycles. The highest BCUT2D eigenvalue weighted by Crippen LogP contribution is 2.13. The van der Waals surface area contributed by atoms with Crippen molar-refractivity contribution < 1.29 is 0 Å². The number of aromatic nitrogens is 1. The second-order valence-corrected chi connectivity index (χ2v) is 5.26. The van der Waals surface area contributed by atoms with Crippen molar-refractivity contribution in [1.29, 1.82) is 0 Å². The summed E-state index contributed by atoms with van der Waals surface area (Å²) in [6, 6.07) is 5.27. The third-order valence-electron chi connectivity index (χ3n) is 3.94. The molecule has 1 aliphatic rings. The molecule has 1 saturated heterocycles. The molecule has 0 bridgehead atoms. The Morgan fingerprint density at radius 3 is 2.72 bits per heavy atom. The molecule has 2 rings (SSSR count). The molecule has 1 N–H and O–H groups in total. The summed E-state index contributed by atoms with van der Waals surface area (Å²) in [6.45, 7) is 3.45. The summed E-state index contributed by atoms with van der Waals surface area (Å²) in [4.78, 5) is 8.97. The van der Waals surface area contributed by atoms with Crippen LogP contribution in [-0.2, 0) is 6.42 Å². The van der Waals surface area contributed by atoms with Crippen LogP contribution in [0.5, 0.6) is 0 Å². The van der Waals surface area contributed by atoms with E-state index in [1.807, 2.05) is 12.4 Å². The lowest BCUT2D eigenvalue weighted by molar-refractivity contribution is 0.0897. The number of piperazine rings is 1. The van der Waals surface area contributed by atoms with Crippen molar-refractivity contribution in [3.8, 4) is 0 Å². The van der Waals surface area contributed by atoms with E-state index in [0.29, 0.717) is 12.1 Å². The molecule has 1 fully saturated rings. The van der Waals surface area contributed by atoms with Gasteiger partial charge in [0.2, 0.25) is 0 Å². The highest BCUT2D eigenvalue weighted by molar-refractivity contribution is 5.12. The number of hydrogen-bond acceptors (Lipinski definition) is 4. The van der Waals surface area contributed by atoms with Gasteiger partial charge < -0.3 is 10.2 Å². The van der Waals surface area contributed by atoms with Gasteiger partial charge in [-0.05, 0) is 45.3 Å². The van der Waals surface area contributed by atoms with E-state index < -0.39 is 0 Å². The fraction of sp³-hybridized carbons (Fsp3) is 0.643. The lowest BCUT2D eigenvalue weighted by Crippen LogP contribution is -2.58. The van der Waals surface area contributed by atoms with E-state index in [9.17, 15) is 0 Å². The van der Waals surface area contributed by atoms with Gasteiger partial charge in [0.25, 0.3) is 0 Å². The first-order valence-corrected chi connectivity index (χ1v) is 6.65. The van der Waals surface area contributed by atoms with Crippen LogP contribution in [0, 0.1) is 0 Å². The van der Waals surface area contributed by atoms with Gasteiger partial charge in [-0.2, -0.15) is 0 Å². The van der Waals surface area contributed by atoms with Crippen LogP contribution in [0.4, 0.5) is 0 Å². The first-order valence-electron chi connectivity index (χ1n) is 6.65. The summed E-state index contributed by atoms with van der Waals surface area (Å²) in [7, 11) is 6.50. The SMILES string of the molecule is CNC(Cc1ccncc1)C1CN(C)CCN1C. The van der Waals surface area contributed by atoms with Crippen molar-refractivity contribution >= 4 is 0 Å². The molecule has 4 nitrogen and oxygen atoms in total. The summed E-state index contributed by atoms with van der Waals surface area (Å²) in [5, 5.41) is 3.48. The standard InChI is InChI=1S/C14H24N4/c1-15-13(10-12-4-6-16-7-5-12)14-11-17(2)8-9-18(14)3/h4-7,13-15H,8-11H2,1-3H3. The van der Waals surface area contributed by atoms with E-state index in [2.05, 4.69) is 53.4 Å². The molecule has 2 atom stereocenters. The molecule has 0 saturated carbocycles. The van der Waals surface area contributed by atoms with Crippen LogP contribution < -0.4 is 5.32 Å². The lowest BCUT2D eigenvalue weighted by atomic mass is 9.97. The maximum atomic E-state index is 4.08. The Bertz CT molecular complexity index is 354. The minimum absolute atomic E-state index is 0.486. The first kappa shape index (κ1) is 13.5. The molecular formula is C14H24N4. The fourth-order valence-electron chi connectivity index (χ4n) is 2.68. The van der Waals surface area contributed by atoms with Crippen molar-refractivity contribution in [3.63, 3.8) is 0 Å². The van der Waals surface area contributed by atoms with Gasteiger partial charge in [0.1, 0.15) is 0 Å². The normalized spacial score (nSPS) is 24.1. The van der Waals surface area contributed by atoms with Gasteiger partial charge in [-0.15, -0.1) is 0 Å². The van der Waals surface area contributed by atoms with E-state index >= 15 is 0 Å². The lowest BCUT2D eigenvalue weighted by Gasteiger charge is -2.42. The zero-order chi connectivity index (χ0) is 13.0. The number of pyridine rings is 1. The second-order valence-electron chi connectivity index (χ2n) is 5.26. The van der Waals surface area contributed by atoms with Gasteiger partial charge in [0.05, 0.1) is 0 Å². The monoisotopic (exact) mass is 248 g/mol. The predicted molar refractivity (Wildman–Crippen MR) is 74.7 cm³/mol. The molecule has 1 aromatic heterocycles. The summed E-state index contributed by atoms with van der Waals surface area (Å²) >= 11 is 0. The minimum atomic E-state index is 0.486. The topological polar surface area (TPSA) is 31.4 Å². The average Bonchev–Trinajstić information content (AvgIpc) is 2.40. The average molecular weight is 248 g/mol. The molecule has 18 heavy (non-hydrogen) atoms. The van der Waals surface area contributed by atoms with E-state index in [1.54, 1.807) is 0 Å². The zero-order valence-corrected chi connectivity index (χ0v) is 11.6. The van der Waals surface area contributed by atoms with Gasteiger partial charge in [-0.25, -0.2) is 0 Å². The van der Waals surface area contributed by atoms with Crippen LogP contribution in [0.15, 0.2) is 24.5 Å². The van der Waals surface area contributed by atoms with Crippen LogP contribution in [0.3, 0.4) is 0 Å². The van der Waals surface area contributed by atoms with E-state index in [0.717, 1.165) is 19.5 Å². The van der Waals surface area contributed by atoms with E-state index in [4.69, 9.17) is 0 Å². The smallest absolute Gasteiger partial charge is 0.0377 e. The predicted octanol–water partition coefficient (Wildman–Crippen LogP) is 0.458. The number of nitrogens with one attached hydrogen (secondary N) is 1. The highest BCUT2D eigenvalue weighted by Gasteiger charge is 2.28. The van der Waals surface area contributed by atoms with E-state index in [1.165, 1.54) is 12.1 Å². The number of rotatable bonds is 4. The molecule has 0 aromatic carbocycles. The summed E-state index contributed by atoms with van der Waals surface area (Å²) in [6.07, 6.45) is 4.80. The molecule has 2 heterocycles. The minimum Gasteiger partial charge on any atom is -0.315 e. The largest absolute Gasteiger partial charge is 0.315 e. The first-order chi connectivity index (χ1) is 8.70. The molecule has 100 valence electrons. The van der Waals surface area contributed by atoms with Gasteiger partial charge in [0, 0.05) is 44.1 Å². The van der Waals surface area contributed by atoms with E-state index in [-0.39, 0.29) is 0 Å². The molecule has 0 spiro atoms. The van der Waals surface area contributed by atoms with Crippen molar-refractivity contribution in [3.05, 3.63) is 30.1 Å². The summed E-state index contributed by atoms with van der Waals surface area (Å²) in [5.74, 6) is 0. The Morgan fingerprint density at radius 1 is 1.33 bits per heavy atom. The van der Waals surface area contributed by atoms with Crippen LogP contribution in [0.25, 0.3) is 0 Å². The molecule has 0 amide bonds. The third kappa shape index (κ3) is 3.28. The van der Waals surface area contributed by atoms with Gasteiger partial charge in [-0.3, -0.25) is 9.88 Å². The Morgan fingerprint density at radius 2 is 2.06 bits per heavy atom. The van der Waals surface area contributed by atoms with Crippen LogP contribution in [0.2, 0.25) is 0 Å². The van der Waals surface area contributed by atoms with Crippen LogP contribution in [-0.4, -0.2) is 67.6 Å². The molecule has 0 radical (unpaired) electrons. The molecule has 1 aromatic rings. The molecule has 2 unspecified atom stereocenters. The van der Waals surface area contributed by atoms with Crippen molar-refractivity contribution in [2.75, 3.05) is 40.8 Å². The van der Waals surface area contributed by atoms with Crippen molar-refractivity contribution in [2.24, 2.45) is 0 Å². The third-order valence-corrected chi connectivity index (χ3v) is 3.94. The van der Waals surface area contributed by atoms with Crippen LogP contribution in [0.1, 0.15) is 5.56 Å². The Labute approximate surface area is 110 Å². The Hall–Kier alpha value is -0.970. The summed E-state index contributed by atoms with van der Waals surface area (Å²) in [5.41, 5.74) is 1.35. The second kappa shape index (κ2) is 6.27. The number of nitrogens with zero attached hydrogens (tertiary/aromatic N) is 3. The number of hydrogen-bond donors (Lipinski definition) is 1. The molecular weight excluding hydrogens is 224 g/mol. The van der Waals surface area contributed by atoms with Gasteiger partial charge in [0.15, 0.2) is 0 Å². The van der Waals surface area contributed by atoms with Gasteiger partial charge in [-0.1, -0.05) is 0 Å². The number of likely N-dealkylation sites (N-methyl/N-ethyl adjacent to an activating group) is 3. The molecule has 1 aliphatic heterocycles. The zero-order valence-electron chi connectivity index (χ0n) is 11.6. The quantitative estimate of drug-likeness (QED) is 0.839. The Kier molecular flexibility index (Phi) is 4.69.